The highest BCUT2D eigenvalue weighted by Crippen LogP contribution is 2.38. The summed E-state index contributed by atoms with van der Waals surface area (Å²) in [6.45, 7) is 9.29. The van der Waals surface area contributed by atoms with Crippen molar-refractivity contribution >= 4 is 8.07 Å². The molecule has 1 rings (SSSR count). The monoisotopic (exact) mass is 240 g/mol. The summed E-state index contributed by atoms with van der Waals surface area (Å²) >= 11 is 0. The Bertz CT molecular complexity index is 252. The van der Waals surface area contributed by atoms with Crippen molar-refractivity contribution in [3.05, 3.63) is 11.3 Å². The number of unbranched alkanes of at least 4 members (excludes halogenated alkanes) is 2. The molecule has 1 atom stereocenters. The summed E-state index contributed by atoms with van der Waals surface area (Å²) in [5, 5.41) is 12.3. The molecule has 0 aromatic heterocycles. The maximum atomic E-state index is 10.9. The molecular weight excluding hydrogens is 212 g/mol. The van der Waals surface area contributed by atoms with Crippen LogP contribution in [0.1, 0.15) is 51.9 Å². The second-order valence-electron chi connectivity index (χ2n) is 6.25. The van der Waals surface area contributed by atoms with Crippen LogP contribution >= 0.6 is 0 Å². The maximum absolute atomic E-state index is 10.9. The predicted molar refractivity (Wildman–Crippen MR) is 74.4 cm³/mol. The highest BCUT2D eigenvalue weighted by Gasteiger charge is 2.39. The van der Waals surface area contributed by atoms with Gasteiger partial charge in [0.05, 0.1) is 13.7 Å². The summed E-state index contributed by atoms with van der Waals surface area (Å²) in [6, 6.07) is 0. The minimum absolute atomic E-state index is 0.447. The molecule has 0 saturated carbocycles. The van der Waals surface area contributed by atoms with Crippen LogP contribution in [0.3, 0.4) is 0 Å². The Morgan fingerprint density at radius 1 is 1.31 bits per heavy atom. The summed E-state index contributed by atoms with van der Waals surface area (Å²) in [5.41, 5.74) is -0.447. The summed E-state index contributed by atoms with van der Waals surface area (Å²) in [6.07, 6.45) is 10.3. The molecule has 1 aliphatic rings. The molecule has 0 heterocycles. The molecule has 0 aliphatic heterocycles. The molecule has 94 valence electrons. The minimum Gasteiger partial charge on any atom is -0.386 e. The van der Waals surface area contributed by atoms with Crippen LogP contribution in [-0.2, 0) is 0 Å². The van der Waals surface area contributed by atoms with E-state index in [0.717, 1.165) is 19.3 Å². The molecule has 1 N–H and O–H groups in total. The highest BCUT2D eigenvalue weighted by molar-refractivity contribution is 6.83. The second kappa shape index (κ2) is 5.50. The Labute approximate surface area is 102 Å². The van der Waals surface area contributed by atoms with E-state index in [1.54, 1.807) is 0 Å². The van der Waals surface area contributed by atoms with Gasteiger partial charge in [-0.25, -0.2) is 0 Å². The second-order valence-corrected chi connectivity index (χ2v) is 11.3. The molecule has 0 spiro atoms. The van der Waals surface area contributed by atoms with Gasteiger partial charge >= 0.3 is 0 Å². The fourth-order valence-electron chi connectivity index (χ4n) is 2.90. The Balaban J connectivity index is 2.74. The Hall–Kier alpha value is -0.0831. The average Bonchev–Trinajstić information content (AvgIpc) is 2.16. The summed E-state index contributed by atoms with van der Waals surface area (Å²) < 4.78 is 0. The van der Waals surface area contributed by atoms with Gasteiger partial charge < -0.3 is 5.11 Å². The van der Waals surface area contributed by atoms with E-state index in [0.29, 0.717) is 0 Å². The van der Waals surface area contributed by atoms with E-state index in [9.17, 15) is 5.11 Å². The van der Waals surface area contributed by atoms with E-state index < -0.39 is 13.7 Å². The van der Waals surface area contributed by atoms with Crippen molar-refractivity contribution in [3.63, 3.8) is 0 Å². The number of allylic oxidation sites excluding steroid dienone is 1. The summed E-state index contributed by atoms with van der Waals surface area (Å²) in [5.74, 6) is 0. The Kier molecular flexibility index (Phi) is 4.81. The topological polar surface area (TPSA) is 20.2 Å². The first kappa shape index (κ1) is 14.0. The van der Waals surface area contributed by atoms with Gasteiger partial charge in [-0.3, -0.25) is 0 Å². The Morgan fingerprint density at radius 2 is 2.00 bits per heavy atom. The van der Waals surface area contributed by atoms with Gasteiger partial charge in [0.2, 0.25) is 0 Å². The number of hydrogen-bond donors (Lipinski definition) is 1. The molecule has 16 heavy (non-hydrogen) atoms. The minimum atomic E-state index is -1.34. The maximum Gasteiger partial charge on any atom is 0.0822 e. The first-order chi connectivity index (χ1) is 7.40. The molecular formula is C14H28OSi. The quantitative estimate of drug-likeness (QED) is 0.561. The van der Waals surface area contributed by atoms with Crippen LogP contribution in [0.15, 0.2) is 11.3 Å². The van der Waals surface area contributed by atoms with Crippen LogP contribution in [0.4, 0.5) is 0 Å². The van der Waals surface area contributed by atoms with Crippen molar-refractivity contribution in [2.45, 2.75) is 77.1 Å². The molecule has 0 fully saturated rings. The molecule has 1 aliphatic carbocycles. The predicted octanol–water partition coefficient (Wildman–Crippen LogP) is 4.29. The van der Waals surface area contributed by atoms with E-state index in [-0.39, 0.29) is 0 Å². The molecule has 0 aromatic carbocycles. The van der Waals surface area contributed by atoms with Gasteiger partial charge in [0.15, 0.2) is 0 Å². The third kappa shape index (κ3) is 3.46. The van der Waals surface area contributed by atoms with Gasteiger partial charge in [0, 0.05) is 0 Å². The van der Waals surface area contributed by atoms with Crippen molar-refractivity contribution in [1.29, 1.82) is 0 Å². The van der Waals surface area contributed by atoms with E-state index in [1.165, 1.54) is 30.9 Å². The third-order valence-electron chi connectivity index (χ3n) is 3.65. The van der Waals surface area contributed by atoms with E-state index in [1.807, 2.05) is 0 Å². The molecule has 0 bridgehead atoms. The van der Waals surface area contributed by atoms with Gasteiger partial charge in [-0.05, 0) is 25.7 Å². The molecule has 1 unspecified atom stereocenters. The van der Waals surface area contributed by atoms with Crippen LogP contribution in [0, 0.1) is 0 Å². The molecule has 0 saturated heterocycles. The van der Waals surface area contributed by atoms with Crippen molar-refractivity contribution in [2.75, 3.05) is 0 Å². The average molecular weight is 240 g/mol. The number of hydrogen-bond acceptors (Lipinski definition) is 1. The van der Waals surface area contributed by atoms with E-state index >= 15 is 0 Å². The Morgan fingerprint density at radius 3 is 2.56 bits per heavy atom. The van der Waals surface area contributed by atoms with E-state index in [4.69, 9.17) is 0 Å². The van der Waals surface area contributed by atoms with Gasteiger partial charge in [-0.15, -0.1) is 0 Å². The van der Waals surface area contributed by atoms with Crippen LogP contribution < -0.4 is 0 Å². The number of rotatable bonds is 5. The van der Waals surface area contributed by atoms with Crippen molar-refractivity contribution in [1.82, 2.24) is 0 Å². The zero-order valence-corrected chi connectivity index (χ0v) is 12.5. The molecule has 1 nitrogen and oxygen atoms in total. The third-order valence-corrected chi connectivity index (χ3v) is 5.93. The summed E-state index contributed by atoms with van der Waals surface area (Å²) in [4.78, 5) is 0. The van der Waals surface area contributed by atoms with Gasteiger partial charge in [0.1, 0.15) is 0 Å². The molecule has 2 heteroatoms. The lowest BCUT2D eigenvalue weighted by Gasteiger charge is -2.40. The van der Waals surface area contributed by atoms with Crippen molar-refractivity contribution < 1.29 is 5.11 Å². The smallest absolute Gasteiger partial charge is 0.0822 e. The zero-order chi connectivity index (χ0) is 12.2. The normalized spacial score (nSPS) is 26.7. The molecule has 0 radical (unpaired) electrons. The van der Waals surface area contributed by atoms with Crippen LogP contribution in [-0.4, -0.2) is 18.8 Å². The molecule has 0 amide bonds. The lowest BCUT2D eigenvalue weighted by molar-refractivity contribution is 0.0566. The van der Waals surface area contributed by atoms with Crippen molar-refractivity contribution in [3.8, 4) is 0 Å². The SMILES string of the molecule is CCCCCC1(O)CCCC=C1[Si](C)(C)C. The summed E-state index contributed by atoms with van der Waals surface area (Å²) in [7, 11) is -1.34. The fraction of sp³-hybridized carbons (Fsp3) is 0.857. The first-order valence-corrected chi connectivity index (χ1v) is 10.3. The van der Waals surface area contributed by atoms with Crippen LogP contribution in [0.2, 0.25) is 19.6 Å². The fourth-order valence-corrected chi connectivity index (χ4v) is 5.30. The standard InChI is InChI=1S/C14H28OSi/c1-5-6-8-11-14(15)12-9-7-10-13(14)16(2,3)4/h10,15H,5-9,11-12H2,1-4H3. The van der Waals surface area contributed by atoms with E-state index in [2.05, 4.69) is 32.6 Å². The van der Waals surface area contributed by atoms with Crippen molar-refractivity contribution in [2.24, 2.45) is 0 Å². The lowest BCUT2D eigenvalue weighted by atomic mass is 9.86. The van der Waals surface area contributed by atoms with Crippen LogP contribution in [0.25, 0.3) is 0 Å². The van der Waals surface area contributed by atoms with Gasteiger partial charge in [-0.1, -0.05) is 57.1 Å². The highest BCUT2D eigenvalue weighted by atomic mass is 28.3. The number of aliphatic hydroxyl groups is 1. The van der Waals surface area contributed by atoms with Crippen LogP contribution in [0.5, 0.6) is 0 Å². The first-order valence-electron chi connectivity index (χ1n) is 6.83. The zero-order valence-electron chi connectivity index (χ0n) is 11.5. The largest absolute Gasteiger partial charge is 0.386 e. The van der Waals surface area contributed by atoms with Gasteiger partial charge in [0.25, 0.3) is 0 Å². The lowest BCUT2D eigenvalue weighted by Crippen LogP contribution is -2.44. The molecule has 0 aromatic rings. The van der Waals surface area contributed by atoms with Gasteiger partial charge in [-0.2, -0.15) is 0 Å².